The Hall–Kier alpha value is -3.35. The number of rotatable bonds is 6. The van der Waals surface area contributed by atoms with E-state index in [9.17, 15) is 26.3 Å². The van der Waals surface area contributed by atoms with E-state index in [1.807, 2.05) is 13.0 Å². The van der Waals surface area contributed by atoms with Gasteiger partial charge >= 0.3 is 6.18 Å². The first kappa shape index (κ1) is 24.8. The Morgan fingerprint density at radius 2 is 1.34 bits per heavy atom. The van der Waals surface area contributed by atoms with Crippen molar-refractivity contribution >= 4 is 10.8 Å². The Morgan fingerprint density at radius 1 is 0.657 bits per heavy atom. The number of hydrogen-bond acceptors (Lipinski definition) is 0. The van der Waals surface area contributed by atoms with Crippen LogP contribution in [0.15, 0.2) is 60.7 Å². The Labute approximate surface area is 198 Å². The van der Waals surface area contributed by atoms with E-state index in [1.54, 1.807) is 30.3 Å². The predicted octanol–water partition coefficient (Wildman–Crippen LogP) is 8.82. The molecule has 0 fully saturated rings. The van der Waals surface area contributed by atoms with Crippen LogP contribution in [0.1, 0.15) is 35.6 Å². The van der Waals surface area contributed by atoms with Gasteiger partial charge in [-0.05, 0) is 71.2 Å². The Balaban J connectivity index is 1.58. The van der Waals surface area contributed by atoms with Gasteiger partial charge in [0, 0.05) is 10.9 Å². The van der Waals surface area contributed by atoms with E-state index in [0.29, 0.717) is 34.0 Å². The summed E-state index contributed by atoms with van der Waals surface area (Å²) >= 11 is 0. The molecule has 0 N–H and O–H groups in total. The summed E-state index contributed by atoms with van der Waals surface area (Å²) in [5.41, 5.74) is 0.206. The van der Waals surface area contributed by atoms with Gasteiger partial charge in [0.15, 0.2) is 0 Å². The summed E-state index contributed by atoms with van der Waals surface area (Å²) in [6.45, 7) is 2.01. The van der Waals surface area contributed by atoms with Gasteiger partial charge in [-0.15, -0.1) is 0 Å². The fourth-order valence-electron chi connectivity index (χ4n) is 4.25. The molecule has 0 atom stereocenters. The molecule has 0 saturated carbocycles. The topological polar surface area (TPSA) is 0 Å². The first-order chi connectivity index (χ1) is 16.6. The van der Waals surface area contributed by atoms with Crippen molar-refractivity contribution < 1.29 is 30.7 Å². The molecular weight excluding hydrogens is 469 g/mol. The minimum Gasteiger partial charge on any atom is -0.206 e. The summed E-state index contributed by atoms with van der Waals surface area (Å²) in [4.78, 5) is 0. The number of hydrogen-bond donors (Lipinski definition) is 0. The molecule has 0 amide bonds. The lowest BCUT2D eigenvalue weighted by Gasteiger charge is -2.12. The molecule has 182 valence electrons. The molecule has 7 heteroatoms. The first-order valence-corrected chi connectivity index (χ1v) is 11.1. The van der Waals surface area contributed by atoms with E-state index in [-0.39, 0.29) is 29.8 Å². The Kier molecular flexibility index (Phi) is 6.88. The van der Waals surface area contributed by atoms with Gasteiger partial charge < -0.3 is 0 Å². The molecule has 0 unspecified atom stereocenters. The largest absolute Gasteiger partial charge is 0.422 e. The normalized spacial score (nSPS) is 11.9. The Bertz CT molecular complexity index is 1360. The maximum atomic E-state index is 15.1. The maximum absolute atomic E-state index is 15.1. The Morgan fingerprint density at radius 3 is 1.97 bits per heavy atom. The van der Waals surface area contributed by atoms with E-state index in [2.05, 4.69) is 0 Å². The number of fused-ring (bicyclic) bond motifs is 1. The molecule has 0 spiro atoms. The second-order valence-electron chi connectivity index (χ2n) is 8.47. The van der Waals surface area contributed by atoms with Crippen LogP contribution < -0.4 is 0 Å². The summed E-state index contributed by atoms with van der Waals surface area (Å²) in [7, 11) is 0. The van der Waals surface area contributed by atoms with Gasteiger partial charge in [0.05, 0.1) is 0 Å². The summed E-state index contributed by atoms with van der Waals surface area (Å²) in [6, 6.07) is 14.3. The van der Waals surface area contributed by atoms with E-state index in [0.717, 1.165) is 18.4 Å². The standard InChI is InChI=1S/C28H21F7/c1-2-3-16-5-10-21(23(29)12-16)19-9-11-22-20(15-19)8-7-18(27(22)32)6-4-17-13-24(30)26(25(31)14-17)28(33,34)35/h5,7-15H,2-4,6H2,1H3. The number of benzene rings is 4. The molecule has 35 heavy (non-hydrogen) atoms. The second kappa shape index (κ2) is 9.72. The van der Waals surface area contributed by atoms with Crippen molar-refractivity contribution in [2.45, 2.75) is 38.8 Å². The average Bonchev–Trinajstić information content (AvgIpc) is 2.77. The third kappa shape index (κ3) is 5.19. The van der Waals surface area contributed by atoms with E-state index in [1.165, 1.54) is 12.1 Å². The highest BCUT2D eigenvalue weighted by atomic mass is 19.4. The van der Waals surface area contributed by atoms with Crippen molar-refractivity contribution in [2.24, 2.45) is 0 Å². The molecule has 4 aromatic rings. The molecule has 0 bridgehead atoms. The lowest BCUT2D eigenvalue weighted by molar-refractivity contribution is -0.142. The molecule has 0 aliphatic carbocycles. The van der Waals surface area contributed by atoms with Crippen LogP contribution in [0.5, 0.6) is 0 Å². The summed E-state index contributed by atoms with van der Waals surface area (Å²) in [6.07, 6.45) is -3.49. The van der Waals surface area contributed by atoms with E-state index in [4.69, 9.17) is 0 Å². The van der Waals surface area contributed by atoms with Crippen molar-refractivity contribution in [1.29, 1.82) is 0 Å². The van der Waals surface area contributed by atoms with Gasteiger partial charge in [0.1, 0.15) is 28.8 Å². The fraction of sp³-hybridized carbons (Fsp3) is 0.214. The molecular formula is C28H21F7. The molecule has 0 saturated heterocycles. The zero-order valence-electron chi connectivity index (χ0n) is 18.7. The molecule has 4 aromatic carbocycles. The number of alkyl halides is 3. The number of aryl methyl sites for hydroxylation is 3. The van der Waals surface area contributed by atoms with Crippen LogP contribution in [0.3, 0.4) is 0 Å². The fourth-order valence-corrected chi connectivity index (χ4v) is 4.25. The van der Waals surface area contributed by atoms with Gasteiger partial charge in [-0.1, -0.05) is 49.7 Å². The van der Waals surface area contributed by atoms with E-state index < -0.39 is 29.2 Å². The quantitative estimate of drug-likeness (QED) is 0.237. The van der Waals surface area contributed by atoms with Crippen LogP contribution in [-0.2, 0) is 25.4 Å². The van der Waals surface area contributed by atoms with Gasteiger partial charge in [-0.25, -0.2) is 17.6 Å². The third-order valence-electron chi connectivity index (χ3n) is 5.99. The van der Waals surface area contributed by atoms with Crippen molar-refractivity contribution in [3.63, 3.8) is 0 Å². The van der Waals surface area contributed by atoms with Crippen LogP contribution in [0, 0.1) is 23.3 Å². The summed E-state index contributed by atoms with van der Waals surface area (Å²) < 4.78 is 95.7. The van der Waals surface area contributed by atoms with Crippen molar-refractivity contribution in [3.05, 3.63) is 106 Å². The maximum Gasteiger partial charge on any atom is 0.422 e. The zero-order valence-corrected chi connectivity index (χ0v) is 18.7. The van der Waals surface area contributed by atoms with Crippen molar-refractivity contribution in [3.8, 4) is 11.1 Å². The molecule has 0 aromatic heterocycles. The monoisotopic (exact) mass is 490 g/mol. The summed E-state index contributed by atoms with van der Waals surface area (Å²) in [5, 5.41) is 0.839. The van der Waals surface area contributed by atoms with Crippen LogP contribution >= 0.6 is 0 Å². The highest BCUT2D eigenvalue weighted by Gasteiger charge is 2.37. The molecule has 0 radical (unpaired) electrons. The minimum atomic E-state index is -5.14. The van der Waals surface area contributed by atoms with Crippen LogP contribution in [0.4, 0.5) is 30.7 Å². The van der Waals surface area contributed by atoms with Gasteiger partial charge in [-0.2, -0.15) is 13.2 Å². The van der Waals surface area contributed by atoms with E-state index >= 15 is 4.39 Å². The first-order valence-electron chi connectivity index (χ1n) is 11.1. The van der Waals surface area contributed by atoms with Gasteiger partial charge in [0.2, 0.25) is 0 Å². The van der Waals surface area contributed by atoms with Crippen LogP contribution in [0.2, 0.25) is 0 Å². The minimum absolute atomic E-state index is 0.00941. The molecule has 0 heterocycles. The lowest BCUT2D eigenvalue weighted by Crippen LogP contribution is -2.12. The second-order valence-corrected chi connectivity index (χ2v) is 8.47. The van der Waals surface area contributed by atoms with Crippen molar-refractivity contribution in [2.75, 3.05) is 0 Å². The molecule has 0 aliphatic rings. The van der Waals surface area contributed by atoms with Gasteiger partial charge in [0.25, 0.3) is 0 Å². The third-order valence-corrected chi connectivity index (χ3v) is 5.99. The predicted molar refractivity (Wildman–Crippen MR) is 122 cm³/mol. The van der Waals surface area contributed by atoms with Crippen LogP contribution in [0.25, 0.3) is 21.9 Å². The SMILES string of the molecule is CCCc1ccc(-c2ccc3c(F)c(CCc4cc(F)c(C(F)(F)F)c(F)c4)ccc3c2)c(F)c1. The zero-order chi connectivity index (χ0) is 25.3. The lowest BCUT2D eigenvalue weighted by atomic mass is 9.96. The van der Waals surface area contributed by atoms with Crippen LogP contribution in [-0.4, -0.2) is 0 Å². The molecule has 0 aliphatic heterocycles. The average molecular weight is 490 g/mol. The highest BCUT2D eigenvalue weighted by molar-refractivity contribution is 5.88. The summed E-state index contributed by atoms with van der Waals surface area (Å²) in [5.74, 6) is -4.30. The van der Waals surface area contributed by atoms with Gasteiger partial charge in [-0.3, -0.25) is 0 Å². The molecule has 0 nitrogen and oxygen atoms in total. The smallest absolute Gasteiger partial charge is 0.206 e. The highest BCUT2D eigenvalue weighted by Crippen LogP contribution is 2.34. The van der Waals surface area contributed by atoms with Crippen molar-refractivity contribution in [1.82, 2.24) is 0 Å². The number of halogens is 7. The molecule has 4 rings (SSSR count).